The topological polar surface area (TPSA) is 44.8 Å². The fourth-order valence-corrected chi connectivity index (χ4v) is 2.41. The summed E-state index contributed by atoms with van der Waals surface area (Å²) in [7, 11) is 0.581. The Labute approximate surface area is 74.2 Å². The Morgan fingerprint density at radius 3 is 2.08 bits per heavy atom. The van der Waals surface area contributed by atoms with E-state index < -0.39 is 8.80 Å². The minimum atomic E-state index is -2.50. The van der Waals surface area contributed by atoms with E-state index in [0.29, 0.717) is 6.04 Å². The monoisotopic (exact) mass is 192 g/mol. The van der Waals surface area contributed by atoms with Crippen LogP contribution in [0.5, 0.6) is 0 Å². The van der Waals surface area contributed by atoms with E-state index in [2.05, 4.69) is 0 Å². The molecule has 0 aromatic heterocycles. The summed E-state index contributed by atoms with van der Waals surface area (Å²) in [5.74, 6) is -0.0191. The van der Waals surface area contributed by atoms with Gasteiger partial charge in [-0.15, -0.1) is 0 Å². The highest BCUT2D eigenvalue weighted by Gasteiger charge is 2.36. The molecule has 0 atom stereocenters. The number of ketones is 1. The van der Waals surface area contributed by atoms with Crippen molar-refractivity contribution < 1.29 is 18.1 Å². The van der Waals surface area contributed by atoms with Gasteiger partial charge in [0.2, 0.25) is 0 Å². The number of hydrogen-bond acceptors (Lipinski definition) is 4. The molecule has 0 fully saturated rings. The molecule has 0 aromatic rings. The molecule has 72 valence electrons. The molecule has 4 nitrogen and oxygen atoms in total. The van der Waals surface area contributed by atoms with Crippen molar-refractivity contribution in [3.8, 4) is 0 Å². The van der Waals surface area contributed by atoms with Crippen molar-refractivity contribution in [3.63, 3.8) is 0 Å². The normalized spacial score (nSPS) is 11.7. The van der Waals surface area contributed by atoms with Gasteiger partial charge in [-0.3, -0.25) is 4.79 Å². The Morgan fingerprint density at radius 2 is 1.83 bits per heavy atom. The molecule has 0 radical (unpaired) electrons. The summed E-state index contributed by atoms with van der Waals surface area (Å²) in [6, 6.07) is 0.674. The minimum Gasteiger partial charge on any atom is -0.377 e. The SMILES string of the molecule is CC[Si](OC)(OC)OCC(C)=O. The predicted octanol–water partition coefficient (Wildman–Crippen LogP) is 0.844. The second-order valence-electron chi connectivity index (χ2n) is 2.44. The van der Waals surface area contributed by atoms with E-state index in [1.165, 1.54) is 6.92 Å². The van der Waals surface area contributed by atoms with Crippen molar-refractivity contribution in [2.75, 3.05) is 20.8 Å². The Bertz CT molecular complexity index is 136. The zero-order chi connectivity index (χ0) is 9.61. The first-order valence-electron chi connectivity index (χ1n) is 3.84. The maximum Gasteiger partial charge on any atom is 0.500 e. The molecule has 5 heteroatoms. The third kappa shape index (κ3) is 3.44. The van der Waals surface area contributed by atoms with Gasteiger partial charge < -0.3 is 13.3 Å². The quantitative estimate of drug-likeness (QED) is 0.585. The largest absolute Gasteiger partial charge is 0.500 e. The summed E-state index contributed by atoms with van der Waals surface area (Å²) in [6.07, 6.45) is 0. The van der Waals surface area contributed by atoms with E-state index >= 15 is 0 Å². The molecule has 0 N–H and O–H groups in total. The lowest BCUT2D eigenvalue weighted by molar-refractivity contribution is -0.120. The van der Waals surface area contributed by atoms with Gasteiger partial charge in [0.15, 0.2) is 5.78 Å². The van der Waals surface area contributed by atoms with E-state index in [4.69, 9.17) is 13.3 Å². The summed E-state index contributed by atoms with van der Waals surface area (Å²) in [6.45, 7) is 3.46. The van der Waals surface area contributed by atoms with Crippen LogP contribution < -0.4 is 0 Å². The van der Waals surface area contributed by atoms with E-state index in [9.17, 15) is 4.79 Å². The molecule has 0 spiro atoms. The van der Waals surface area contributed by atoms with Gasteiger partial charge in [-0.2, -0.15) is 0 Å². The fraction of sp³-hybridized carbons (Fsp3) is 0.857. The lowest BCUT2D eigenvalue weighted by Crippen LogP contribution is -2.44. The molecule has 0 saturated carbocycles. The predicted molar refractivity (Wildman–Crippen MR) is 46.9 cm³/mol. The van der Waals surface area contributed by atoms with Crippen LogP contribution in [-0.2, 0) is 18.1 Å². The molecule has 0 heterocycles. The summed E-state index contributed by atoms with van der Waals surface area (Å²) >= 11 is 0. The standard InChI is InChI=1S/C7H16O4Si/c1-5-12(9-3,10-4)11-6-7(2)8/h5-6H2,1-4H3. The first-order chi connectivity index (χ1) is 5.60. The Morgan fingerprint density at radius 1 is 1.33 bits per heavy atom. The van der Waals surface area contributed by atoms with E-state index in [-0.39, 0.29) is 12.4 Å². The van der Waals surface area contributed by atoms with Crippen LogP contribution in [0.25, 0.3) is 0 Å². The minimum absolute atomic E-state index is 0.0191. The molecule has 0 amide bonds. The summed E-state index contributed by atoms with van der Waals surface area (Å²) < 4.78 is 15.5. The van der Waals surface area contributed by atoms with Crippen LogP contribution in [0.2, 0.25) is 6.04 Å². The Hall–Kier alpha value is -0.233. The van der Waals surface area contributed by atoms with Crippen LogP contribution >= 0.6 is 0 Å². The van der Waals surface area contributed by atoms with Gasteiger partial charge in [0.1, 0.15) is 0 Å². The summed E-state index contributed by atoms with van der Waals surface area (Å²) in [5.41, 5.74) is 0. The van der Waals surface area contributed by atoms with Crippen molar-refractivity contribution in [1.29, 1.82) is 0 Å². The maximum atomic E-state index is 10.6. The summed E-state index contributed by atoms with van der Waals surface area (Å²) in [5, 5.41) is 0. The lowest BCUT2D eigenvalue weighted by Gasteiger charge is -2.24. The third-order valence-corrected chi connectivity index (χ3v) is 4.24. The first-order valence-corrected chi connectivity index (χ1v) is 5.77. The Balaban J connectivity index is 4.01. The van der Waals surface area contributed by atoms with Gasteiger partial charge in [-0.05, 0) is 6.92 Å². The molecule has 12 heavy (non-hydrogen) atoms. The van der Waals surface area contributed by atoms with Crippen molar-refractivity contribution in [3.05, 3.63) is 0 Å². The highest BCUT2D eigenvalue weighted by Crippen LogP contribution is 2.12. The van der Waals surface area contributed by atoms with Crippen molar-refractivity contribution in [2.45, 2.75) is 19.9 Å². The van der Waals surface area contributed by atoms with Gasteiger partial charge in [0.25, 0.3) is 0 Å². The molecular formula is C7H16O4Si. The molecule has 0 saturated heterocycles. The van der Waals surface area contributed by atoms with Crippen LogP contribution in [0.3, 0.4) is 0 Å². The second-order valence-corrected chi connectivity index (χ2v) is 5.61. The molecular weight excluding hydrogens is 176 g/mol. The molecule has 0 rings (SSSR count). The van der Waals surface area contributed by atoms with E-state index in [1.54, 1.807) is 14.2 Å². The summed E-state index contributed by atoms with van der Waals surface area (Å²) in [4.78, 5) is 10.6. The van der Waals surface area contributed by atoms with Crippen LogP contribution in [0.15, 0.2) is 0 Å². The number of hydrogen-bond donors (Lipinski definition) is 0. The zero-order valence-corrected chi connectivity index (χ0v) is 9.05. The average molecular weight is 192 g/mol. The van der Waals surface area contributed by atoms with Crippen molar-refractivity contribution in [2.24, 2.45) is 0 Å². The van der Waals surface area contributed by atoms with Gasteiger partial charge >= 0.3 is 8.80 Å². The third-order valence-electron chi connectivity index (χ3n) is 1.55. The van der Waals surface area contributed by atoms with Crippen LogP contribution in [-0.4, -0.2) is 35.4 Å². The average Bonchev–Trinajstić information content (AvgIpc) is 2.08. The number of rotatable bonds is 6. The molecule has 0 unspecified atom stereocenters. The molecule has 0 aliphatic heterocycles. The number of carbonyl (C=O) groups is 1. The van der Waals surface area contributed by atoms with Crippen LogP contribution in [0, 0.1) is 0 Å². The highest BCUT2D eigenvalue weighted by atomic mass is 28.4. The van der Waals surface area contributed by atoms with Gasteiger partial charge in [0, 0.05) is 20.3 Å². The Kier molecular flexibility index (Phi) is 5.31. The van der Waals surface area contributed by atoms with Crippen LogP contribution in [0.4, 0.5) is 0 Å². The van der Waals surface area contributed by atoms with Gasteiger partial charge in [-0.25, -0.2) is 0 Å². The van der Waals surface area contributed by atoms with Crippen molar-refractivity contribution >= 4 is 14.6 Å². The number of Topliss-reactive ketones (excluding diaryl/α,β-unsaturated/α-hetero) is 1. The van der Waals surface area contributed by atoms with Crippen molar-refractivity contribution in [1.82, 2.24) is 0 Å². The zero-order valence-electron chi connectivity index (χ0n) is 8.05. The molecule has 0 aliphatic rings. The van der Waals surface area contributed by atoms with Gasteiger partial charge in [-0.1, -0.05) is 6.92 Å². The molecule has 0 aliphatic carbocycles. The molecule has 0 bridgehead atoms. The van der Waals surface area contributed by atoms with E-state index in [1.807, 2.05) is 6.92 Å². The fourth-order valence-electron chi connectivity index (χ4n) is 0.804. The smallest absolute Gasteiger partial charge is 0.377 e. The lowest BCUT2D eigenvalue weighted by atomic mass is 10.5. The highest BCUT2D eigenvalue weighted by molar-refractivity contribution is 6.60. The number of carbonyl (C=O) groups excluding carboxylic acids is 1. The maximum absolute atomic E-state index is 10.6. The second kappa shape index (κ2) is 5.42. The van der Waals surface area contributed by atoms with E-state index in [0.717, 1.165) is 0 Å². The first kappa shape index (κ1) is 11.8. The van der Waals surface area contributed by atoms with Gasteiger partial charge in [0.05, 0.1) is 6.61 Å². The molecule has 0 aromatic carbocycles. The van der Waals surface area contributed by atoms with Crippen LogP contribution in [0.1, 0.15) is 13.8 Å².